The van der Waals surface area contributed by atoms with Crippen LogP contribution in [0.5, 0.6) is 0 Å². The lowest BCUT2D eigenvalue weighted by Gasteiger charge is -2.16. The normalized spacial score (nSPS) is 13.4. The fraction of sp³-hybridized carbons (Fsp3) is 0.130. The summed E-state index contributed by atoms with van der Waals surface area (Å²) in [6.07, 6.45) is 3.67. The molecule has 2 heterocycles. The first-order valence-electron chi connectivity index (χ1n) is 9.78. The van der Waals surface area contributed by atoms with Gasteiger partial charge in [0.2, 0.25) is 5.95 Å². The van der Waals surface area contributed by atoms with Crippen LogP contribution in [-0.4, -0.2) is 23.8 Å². The number of aryl methyl sites for hydroxylation is 2. The average molecular weight is 450 g/mol. The van der Waals surface area contributed by atoms with E-state index in [0.717, 1.165) is 45.7 Å². The van der Waals surface area contributed by atoms with Crippen LogP contribution >= 0.6 is 11.3 Å². The molecule has 0 spiro atoms. The number of benzene rings is 2. The van der Waals surface area contributed by atoms with Crippen LogP contribution in [0.25, 0.3) is 21.7 Å². The molecule has 6 nitrogen and oxygen atoms in total. The van der Waals surface area contributed by atoms with Gasteiger partial charge in [0.05, 0.1) is 17.2 Å². The van der Waals surface area contributed by atoms with Gasteiger partial charge in [-0.25, -0.2) is 14.2 Å². The van der Waals surface area contributed by atoms with Gasteiger partial charge in [-0.1, -0.05) is 30.3 Å². The summed E-state index contributed by atoms with van der Waals surface area (Å²) in [7, 11) is 0. The molecule has 0 saturated carbocycles. The second kappa shape index (κ2) is 8.32. The van der Waals surface area contributed by atoms with Crippen LogP contribution in [0.15, 0.2) is 65.7 Å². The molecule has 0 radical (unpaired) electrons. The van der Waals surface area contributed by atoms with Crippen molar-refractivity contribution >= 4 is 34.1 Å². The van der Waals surface area contributed by atoms with E-state index in [-0.39, 0.29) is 6.61 Å². The Kier molecular flexibility index (Phi) is 5.37. The minimum absolute atomic E-state index is 0.00323. The van der Waals surface area contributed by atoms with Crippen molar-refractivity contribution in [3.63, 3.8) is 0 Å². The van der Waals surface area contributed by atoms with Crippen molar-refractivity contribution < 1.29 is 13.9 Å². The van der Waals surface area contributed by atoms with Gasteiger partial charge >= 0.3 is 0 Å². The Bertz CT molecular complexity index is 1300. The predicted molar refractivity (Wildman–Crippen MR) is 123 cm³/mol. The molecule has 1 aliphatic carbocycles. The molecule has 0 saturated heterocycles. The minimum atomic E-state index is -2.04. The molecule has 156 valence electrons. The Morgan fingerprint density at radius 3 is 2.77 bits per heavy atom. The highest BCUT2D eigenvalue weighted by Gasteiger charge is 2.22. The number of nitrogens with one attached hydrogen (secondary N) is 1. The van der Waals surface area contributed by atoms with Crippen LogP contribution < -0.4 is 5.32 Å². The average Bonchev–Trinajstić information content (AvgIpc) is 3.24. The zero-order chi connectivity index (χ0) is 21.4. The second-order valence-corrected chi connectivity index (χ2v) is 9.34. The van der Waals surface area contributed by atoms with Gasteiger partial charge in [0.1, 0.15) is 0 Å². The van der Waals surface area contributed by atoms with E-state index < -0.39 is 11.1 Å². The van der Waals surface area contributed by atoms with Gasteiger partial charge in [0, 0.05) is 27.2 Å². The van der Waals surface area contributed by atoms with Crippen molar-refractivity contribution in [2.75, 3.05) is 5.32 Å². The van der Waals surface area contributed by atoms with Gasteiger partial charge < -0.3 is 15.0 Å². The summed E-state index contributed by atoms with van der Waals surface area (Å²) in [5.41, 5.74) is 5.72. The van der Waals surface area contributed by atoms with E-state index in [1.54, 1.807) is 35.6 Å². The summed E-state index contributed by atoms with van der Waals surface area (Å²) >= 11 is -0.302. The zero-order valence-corrected chi connectivity index (χ0v) is 18.0. The van der Waals surface area contributed by atoms with E-state index in [9.17, 15) is 13.9 Å². The van der Waals surface area contributed by atoms with Crippen molar-refractivity contribution in [2.45, 2.75) is 24.3 Å². The number of thiophene rings is 1. The van der Waals surface area contributed by atoms with Crippen molar-refractivity contribution in [2.24, 2.45) is 0 Å². The van der Waals surface area contributed by atoms with Crippen LogP contribution in [0.3, 0.4) is 0 Å². The molecule has 4 aromatic rings. The number of anilines is 2. The smallest absolute Gasteiger partial charge is 0.227 e. The van der Waals surface area contributed by atoms with Gasteiger partial charge in [-0.3, -0.25) is 0 Å². The maximum atomic E-state index is 11.3. The summed E-state index contributed by atoms with van der Waals surface area (Å²) in [6.45, 7) is 0.00323. The maximum absolute atomic E-state index is 11.3. The Labute approximate surface area is 185 Å². The standard InChI is InChI=1S/C23H19N3O3S2/c27-13-15-4-1-2-7-18(15)21-11-19-20(30-21)9-8-14-12-24-23(26-22(14)19)25-16-5-3-6-17(10-16)31(28)29/h1-7,10-12,27H,8-9,13H2,(H,28,29)(H,24,25,26). The SMILES string of the molecule is O=S(O)c1cccc(Nc2ncc3c(n2)-c2cc(-c4ccccc4CO)sc2CC3)c1. The number of aliphatic hydroxyl groups excluding tert-OH is 1. The summed E-state index contributed by atoms with van der Waals surface area (Å²) < 4.78 is 20.7. The van der Waals surface area contributed by atoms with Crippen molar-refractivity contribution in [3.8, 4) is 21.7 Å². The molecule has 2 aromatic heterocycles. The van der Waals surface area contributed by atoms with Crippen LogP contribution in [0, 0.1) is 0 Å². The molecule has 3 N–H and O–H groups in total. The molecule has 31 heavy (non-hydrogen) atoms. The number of hydrogen-bond donors (Lipinski definition) is 3. The first kappa shape index (κ1) is 20.0. The van der Waals surface area contributed by atoms with E-state index in [1.165, 1.54) is 4.88 Å². The van der Waals surface area contributed by atoms with E-state index in [0.29, 0.717) is 16.5 Å². The zero-order valence-electron chi connectivity index (χ0n) is 16.4. The quantitative estimate of drug-likeness (QED) is 0.379. The Morgan fingerprint density at radius 2 is 1.94 bits per heavy atom. The predicted octanol–water partition coefficient (Wildman–Crippen LogP) is 4.79. The van der Waals surface area contributed by atoms with Crippen LogP contribution in [0.2, 0.25) is 0 Å². The molecule has 0 fully saturated rings. The number of rotatable bonds is 5. The van der Waals surface area contributed by atoms with Gasteiger partial charge in [-0.05, 0) is 53.8 Å². The highest BCUT2D eigenvalue weighted by molar-refractivity contribution is 7.79. The Hall–Kier alpha value is -2.91. The summed E-state index contributed by atoms with van der Waals surface area (Å²) in [5, 5.41) is 12.9. The fourth-order valence-corrected chi connectivity index (χ4v) is 5.43. The summed E-state index contributed by atoms with van der Waals surface area (Å²) in [4.78, 5) is 11.9. The van der Waals surface area contributed by atoms with Gasteiger partial charge in [-0.15, -0.1) is 11.3 Å². The first-order chi connectivity index (χ1) is 15.1. The highest BCUT2D eigenvalue weighted by atomic mass is 32.2. The molecule has 0 bridgehead atoms. The Morgan fingerprint density at radius 1 is 1.06 bits per heavy atom. The van der Waals surface area contributed by atoms with Crippen LogP contribution in [-0.2, 0) is 30.5 Å². The molecule has 0 aliphatic heterocycles. The molecule has 1 atom stereocenters. The third kappa shape index (κ3) is 3.90. The van der Waals surface area contributed by atoms with E-state index in [1.807, 2.05) is 30.5 Å². The third-order valence-corrected chi connectivity index (χ3v) is 7.18. The van der Waals surface area contributed by atoms with Gasteiger partial charge in [0.25, 0.3) is 0 Å². The number of nitrogens with zero attached hydrogens (tertiary/aromatic N) is 2. The number of fused-ring (bicyclic) bond motifs is 3. The van der Waals surface area contributed by atoms with Gasteiger partial charge in [0.15, 0.2) is 11.1 Å². The van der Waals surface area contributed by atoms with Crippen LogP contribution in [0.4, 0.5) is 11.6 Å². The van der Waals surface area contributed by atoms with E-state index in [2.05, 4.69) is 16.4 Å². The monoisotopic (exact) mass is 449 g/mol. The molecular formula is C23H19N3O3S2. The minimum Gasteiger partial charge on any atom is -0.392 e. The first-order valence-corrected chi connectivity index (χ1v) is 11.7. The van der Waals surface area contributed by atoms with E-state index in [4.69, 9.17) is 4.98 Å². The molecule has 1 aliphatic rings. The fourth-order valence-electron chi connectivity index (χ4n) is 3.79. The molecule has 1 unspecified atom stereocenters. The molecular weight excluding hydrogens is 430 g/mol. The van der Waals surface area contributed by atoms with E-state index >= 15 is 0 Å². The van der Waals surface area contributed by atoms with Crippen molar-refractivity contribution in [1.29, 1.82) is 0 Å². The van der Waals surface area contributed by atoms with Gasteiger partial charge in [-0.2, -0.15) is 0 Å². The molecule has 8 heteroatoms. The lowest BCUT2D eigenvalue weighted by Crippen LogP contribution is -2.07. The maximum Gasteiger partial charge on any atom is 0.227 e. The second-order valence-electron chi connectivity index (χ2n) is 7.23. The molecule has 5 rings (SSSR count). The summed E-state index contributed by atoms with van der Waals surface area (Å²) in [6, 6.07) is 16.8. The van der Waals surface area contributed by atoms with Crippen LogP contribution in [0.1, 0.15) is 16.0 Å². The number of aliphatic hydroxyl groups is 1. The molecule has 2 aromatic carbocycles. The number of aromatic nitrogens is 2. The highest BCUT2D eigenvalue weighted by Crippen LogP contribution is 2.42. The van der Waals surface area contributed by atoms with Crippen molar-refractivity contribution in [1.82, 2.24) is 9.97 Å². The lowest BCUT2D eigenvalue weighted by atomic mass is 9.95. The summed E-state index contributed by atoms with van der Waals surface area (Å²) in [5.74, 6) is 0.441. The Balaban J connectivity index is 1.51. The topological polar surface area (TPSA) is 95.3 Å². The third-order valence-electron chi connectivity index (χ3n) is 5.30. The number of hydrogen-bond acceptors (Lipinski definition) is 6. The lowest BCUT2D eigenvalue weighted by molar-refractivity contribution is 0.282. The molecule has 0 amide bonds. The largest absolute Gasteiger partial charge is 0.392 e. The van der Waals surface area contributed by atoms with Crippen molar-refractivity contribution in [3.05, 3.63) is 76.8 Å².